The number of fused-ring (bicyclic) bond motifs is 8. The minimum Gasteiger partial charge on any atom is -0.309 e. The molecule has 4 nitrogen and oxygen atoms in total. The Hall–Kier alpha value is -5.91. The maximum Gasteiger partial charge on any atom is 0.164 e. The van der Waals surface area contributed by atoms with Crippen LogP contribution in [0.15, 0.2) is 140 Å². The summed E-state index contributed by atoms with van der Waals surface area (Å²) in [6, 6.07) is 47.2. The highest BCUT2D eigenvalue weighted by atomic mass is 32.1. The molecule has 0 N–H and O–H groups in total. The maximum atomic E-state index is 5.20. The summed E-state index contributed by atoms with van der Waals surface area (Å²) in [6.45, 7) is 0. The van der Waals surface area contributed by atoms with Crippen molar-refractivity contribution in [2.45, 2.75) is 12.8 Å². The first-order valence-electron chi connectivity index (χ1n) is 16.3. The smallest absolute Gasteiger partial charge is 0.164 e. The highest BCUT2D eigenvalue weighted by Gasteiger charge is 2.20. The van der Waals surface area contributed by atoms with Gasteiger partial charge in [0.2, 0.25) is 0 Å². The largest absolute Gasteiger partial charge is 0.309 e. The quantitative estimate of drug-likeness (QED) is 0.194. The molecule has 0 spiro atoms. The molecule has 1 aliphatic rings. The van der Waals surface area contributed by atoms with E-state index >= 15 is 0 Å². The van der Waals surface area contributed by atoms with Crippen molar-refractivity contribution in [3.63, 3.8) is 0 Å². The van der Waals surface area contributed by atoms with Gasteiger partial charge in [-0.05, 0) is 60.4 Å². The van der Waals surface area contributed by atoms with Gasteiger partial charge in [-0.3, -0.25) is 0 Å². The fourth-order valence-corrected chi connectivity index (χ4v) is 8.48. The Labute approximate surface area is 281 Å². The zero-order valence-corrected chi connectivity index (χ0v) is 26.8. The van der Waals surface area contributed by atoms with Gasteiger partial charge >= 0.3 is 0 Å². The molecule has 0 atom stereocenters. The fourth-order valence-electron chi connectivity index (χ4n) is 7.34. The van der Waals surface area contributed by atoms with E-state index in [-0.39, 0.29) is 0 Å². The van der Waals surface area contributed by atoms with Crippen LogP contribution in [-0.4, -0.2) is 19.5 Å². The van der Waals surface area contributed by atoms with E-state index in [0.717, 1.165) is 35.2 Å². The van der Waals surface area contributed by atoms with Gasteiger partial charge in [-0.1, -0.05) is 109 Å². The predicted molar refractivity (Wildman–Crippen MR) is 201 cm³/mol. The van der Waals surface area contributed by atoms with Crippen LogP contribution in [-0.2, 0) is 6.42 Å². The highest BCUT2D eigenvalue weighted by Crippen LogP contribution is 2.41. The molecule has 6 aromatic carbocycles. The summed E-state index contributed by atoms with van der Waals surface area (Å²) in [5.41, 5.74) is 9.15. The molecule has 0 fully saturated rings. The Morgan fingerprint density at radius 3 is 2.19 bits per heavy atom. The van der Waals surface area contributed by atoms with Crippen LogP contribution in [0.25, 0.3) is 87.9 Å². The van der Waals surface area contributed by atoms with Gasteiger partial charge in [-0.25, -0.2) is 15.0 Å². The summed E-state index contributed by atoms with van der Waals surface area (Å²) in [7, 11) is 0. The predicted octanol–water partition coefficient (Wildman–Crippen LogP) is 11.3. The minimum atomic E-state index is 0.651. The van der Waals surface area contributed by atoms with Gasteiger partial charge in [-0.2, -0.15) is 0 Å². The van der Waals surface area contributed by atoms with Crippen molar-refractivity contribution in [2.75, 3.05) is 0 Å². The van der Waals surface area contributed by atoms with Gasteiger partial charge in [0.05, 0.1) is 11.0 Å². The van der Waals surface area contributed by atoms with Gasteiger partial charge in [0.25, 0.3) is 0 Å². The second-order valence-corrected chi connectivity index (χ2v) is 13.4. The Balaban J connectivity index is 1.20. The van der Waals surface area contributed by atoms with Crippen LogP contribution in [0.2, 0.25) is 0 Å². The van der Waals surface area contributed by atoms with E-state index in [2.05, 4.69) is 132 Å². The molecular weight excluding hydrogens is 605 g/mol. The number of nitrogens with zero attached hydrogens (tertiary/aromatic N) is 4. The van der Waals surface area contributed by atoms with Crippen molar-refractivity contribution >= 4 is 59.4 Å². The van der Waals surface area contributed by atoms with Gasteiger partial charge in [0, 0.05) is 53.3 Å². The Morgan fingerprint density at radius 1 is 0.542 bits per heavy atom. The zero-order chi connectivity index (χ0) is 31.6. The molecule has 0 radical (unpaired) electrons. The van der Waals surface area contributed by atoms with Gasteiger partial charge in [-0.15, -0.1) is 11.3 Å². The van der Waals surface area contributed by atoms with E-state index in [1.807, 2.05) is 18.2 Å². The molecule has 5 heteroatoms. The molecule has 3 heterocycles. The lowest BCUT2D eigenvalue weighted by molar-refractivity contribution is 0.989. The number of allylic oxidation sites excluding steroid dienone is 1. The van der Waals surface area contributed by atoms with Gasteiger partial charge in [0.15, 0.2) is 17.5 Å². The molecule has 0 unspecified atom stereocenters. The minimum absolute atomic E-state index is 0.651. The summed E-state index contributed by atoms with van der Waals surface area (Å²) in [4.78, 5) is 15.4. The molecule has 3 aromatic heterocycles. The van der Waals surface area contributed by atoms with Crippen LogP contribution in [0.1, 0.15) is 17.5 Å². The molecular formula is C43H28N4S. The van der Waals surface area contributed by atoms with E-state index in [1.165, 1.54) is 53.1 Å². The van der Waals surface area contributed by atoms with E-state index in [1.54, 1.807) is 11.3 Å². The molecule has 0 saturated carbocycles. The second-order valence-electron chi connectivity index (χ2n) is 12.3. The number of aryl methyl sites for hydroxylation is 1. The number of hydrogen-bond acceptors (Lipinski definition) is 4. The Bertz CT molecular complexity index is 2740. The number of aromatic nitrogens is 4. The summed E-state index contributed by atoms with van der Waals surface area (Å²) in [5.74, 6) is 1.99. The first-order valence-corrected chi connectivity index (χ1v) is 17.2. The van der Waals surface area contributed by atoms with Gasteiger partial charge in [0.1, 0.15) is 0 Å². The third-order valence-electron chi connectivity index (χ3n) is 9.51. The van der Waals surface area contributed by atoms with Crippen LogP contribution >= 0.6 is 11.3 Å². The monoisotopic (exact) mass is 632 g/mol. The first kappa shape index (κ1) is 27.2. The lowest BCUT2D eigenvalue weighted by Gasteiger charge is -2.14. The molecule has 1 aliphatic carbocycles. The van der Waals surface area contributed by atoms with Crippen molar-refractivity contribution < 1.29 is 0 Å². The third kappa shape index (κ3) is 4.25. The number of hydrogen-bond donors (Lipinski definition) is 0. The van der Waals surface area contributed by atoms with Gasteiger partial charge < -0.3 is 4.57 Å². The standard InChI is InChI=1S/C43H28N4S/c1-2-13-28(14-3-1)41-44-42(46-43(45-41)34-20-11-23-38-40(34)33-19-7-9-22-37(33)48-38)29-15-10-16-30(26-29)47-35-21-8-6-18-32(35)39-31-17-5-4-12-27(31)24-25-36(39)47/h1-3,5-11,13-26H,4,12H2. The van der Waals surface area contributed by atoms with Crippen LogP contribution in [0.5, 0.6) is 0 Å². The number of para-hydroxylation sites is 1. The molecule has 9 aromatic rings. The van der Waals surface area contributed by atoms with Crippen LogP contribution < -0.4 is 0 Å². The van der Waals surface area contributed by atoms with E-state index < -0.39 is 0 Å². The van der Waals surface area contributed by atoms with Crippen LogP contribution in [0.3, 0.4) is 0 Å². The van der Waals surface area contributed by atoms with Crippen molar-refractivity contribution in [2.24, 2.45) is 0 Å². The average Bonchev–Trinajstić information content (AvgIpc) is 3.71. The maximum absolute atomic E-state index is 5.20. The van der Waals surface area contributed by atoms with Crippen molar-refractivity contribution in [3.05, 3.63) is 151 Å². The summed E-state index contributed by atoms with van der Waals surface area (Å²) in [6.07, 6.45) is 6.78. The summed E-state index contributed by atoms with van der Waals surface area (Å²) in [5, 5.41) is 4.99. The van der Waals surface area contributed by atoms with Crippen LogP contribution in [0.4, 0.5) is 0 Å². The fraction of sp³-hybridized carbons (Fsp3) is 0.0465. The normalized spacial score (nSPS) is 12.8. The van der Waals surface area contributed by atoms with Crippen molar-refractivity contribution in [1.82, 2.24) is 19.5 Å². The first-order chi connectivity index (χ1) is 23.8. The topological polar surface area (TPSA) is 43.6 Å². The van der Waals surface area contributed by atoms with Crippen LogP contribution in [0, 0.1) is 0 Å². The molecule has 0 aliphatic heterocycles. The third-order valence-corrected chi connectivity index (χ3v) is 10.6. The van der Waals surface area contributed by atoms with E-state index in [9.17, 15) is 0 Å². The lowest BCUT2D eigenvalue weighted by atomic mass is 9.93. The molecule has 48 heavy (non-hydrogen) atoms. The molecule has 10 rings (SSSR count). The summed E-state index contributed by atoms with van der Waals surface area (Å²) >= 11 is 1.80. The number of thiophene rings is 1. The molecule has 0 amide bonds. The molecule has 0 saturated heterocycles. The molecule has 226 valence electrons. The SMILES string of the molecule is C1=Cc2c(ccc3c2c2ccccc2n3-c2cccc(-c3nc(-c4ccccc4)nc(-c4cccc5sc6ccccc6c45)n3)c2)CC1. The van der Waals surface area contributed by atoms with E-state index in [0.29, 0.717) is 17.5 Å². The van der Waals surface area contributed by atoms with Crippen molar-refractivity contribution in [1.29, 1.82) is 0 Å². The average molecular weight is 633 g/mol. The molecule has 0 bridgehead atoms. The Kier molecular flexibility index (Phi) is 6.14. The summed E-state index contributed by atoms with van der Waals surface area (Å²) < 4.78 is 4.87. The lowest BCUT2D eigenvalue weighted by Crippen LogP contribution is -2.01. The van der Waals surface area contributed by atoms with E-state index in [4.69, 9.17) is 15.0 Å². The number of rotatable bonds is 4. The number of benzene rings is 6. The van der Waals surface area contributed by atoms with Crippen molar-refractivity contribution in [3.8, 4) is 39.9 Å². The Morgan fingerprint density at radius 2 is 1.27 bits per heavy atom. The zero-order valence-electron chi connectivity index (χ0n) is 26.0. The highest BCUT2D eigenvalue weighted by molar-refractivity contribution is 7.25. The second kappa shape index (κ2) is 10.8.